The molecule has 1 aromatic carbocycles. The molecule has 1 aliphatic rings. The lowest BCUT2D eigenvalue weighted by Crippen LogP contribution is -2.38. The average molecular weight is 220 g/mol. The highest BCUT2D eigenvalue weighted by Gasteiger charge is 2.31. The molecule has 0 atom stereocenters. The van der Waals surface area contributed by atoms with Crippen LogP contribution >= 0.6 is 0 Å². The number of carbonyl (C=O) groups excluding carboxylic acids is 1. The Morgan fingerprint density at radius 2 is 1.88 bits per heavy atom. The summed E-state index contributed by atoms with van der Waals surface area (Å²) in [5.74, 6) is -0.180. The fourth-order valence-electron chi connectivity index (χ4n) is 1.91. The molecule has 16 heavy (non-hydrogen) atoms. The van der Waals surface area contributed by atoms with Crippen molar-refractivity contribution in [2.45, 2.75) is 25.4 Å². The molecule has 0 saturated heterocycles. The van der Waals surface area contributed by atoms with Gasteiger partial charge >= 0.3 is 5.97 Å². The summed E-state index contributed by atoms with van der Waals surface area (Å²) in [6, 6.07) is 8.01. The molecule has 0 saturated carbocycles. The van der Waals surface area contributed by atoms with Crippen LogP contribution in [0.3, 0.4) is 0 Å². The summed E-state index contributed by atoms with van der Waals surface area (Å²) in [4.78, 5) is 11.1. The highest BCUT2D eigenvalue weighted by molar-refractivity contribution is 5.76. The normalized spacial score (nSPS) is 15.9. The zero-order valence-electron chi connectivity index (χ0n) is 9.54. The molecule has 86 valence electrons. The first-order valence-electron chi connectivity index (χ1n) is 5.35. The summed E-state index contributed by atoms with van der Waals surface area (Å²) >= 11 is 0. The highest BCUT2D eigenvalue weighted by atomic mass is 16.5. The number of fused-ring (bicyclic) bond motifs is 1. The summed E-state index contributed by atoms with van der Waals surface area (Å²) in [6.45, 7) is 2.04. The molecule has 2 rings (SSSR count). The Hall–Kier alpha value is -1.71. The van der Waals surface area contributed by atoms with Gasteiger partial charge in [0.1, 0.15) is 5.66 Å². The first-order valence-corrected chi connectivity index (χ1v) is 5.35. The van der Waals surface area contributed by atoms with Crippen LogP contribution < -0.4 is 10.6 Å². The van der Waals surface area contributed by atoms with Gasteiger partial charge in [0.15, 0.2) is 0 Å². The Balaban J connectivity index is 2.00. The van der Waals surface area contributed by atoms with E-state index in [1.54, 1.807) is 0 Å². The second-order valence-electron chi connectivity index (χ2n) is 4.20. The van der Waals surface area contributed by atoms with Crippen molar-refractivity contribution < 1.29 is 9.53 Å². The van der Waals surface area contributed by atoms with Gasteiger partial charge in [-0.05, 0) is 25.5 Å². The topological polar surface area (TPSA) is 50.4 Å². The monoisotopic (exact) mass is 220 g/mol. The smallest absolute Gasteiger partial charge is 0.305 e. The van der Waals surface area contributed by atoms with Crippen LogP contribution in [0, 0.1) is 0 Å². The van der Waals surface area contributed by atoms with E-state index in [0.717, 1.165) is 11.4 Å². The van der Waals surface area contributed by atoms with Gasteiger partial charge in [0.05, 0.1) is 18.5 Å². The lowest BCUT2D eigenvalue weighted by Gasteiger charge is -2.25. The molecule has 0 aromatic heterocycles. The van der Waals surface area contributed by atoms with E-state index in [1.165, 1.54) is 7.11 Å². The third kappa shape index (κ3) is 2.10. The van der Waals surface area contributed by atoms with Crippen molar-refractivity contribution in [1.82, 2.24) is 0 Å². The van der Waals surface area contributed by atoms with Crippen LogP contribution in [0.5, 0.6) is 0 Å². The predicted octanol–water partition coefficient (Wildman–Crippen LogP) is 2.19. The Morgan fingerprint density at radius 3 is 2.38 bits per heavy atom. The fraction of sp³-hybridized carbons (Fsp3) is 0.417. The van der Waals surface area contributed by atoms with E-state index in [-0.39, 0.29) is 11.6 Å². The summed E-state index contributed by atoms with van der Waals surface area (Å²) in [5.41, 5.74) is 1.89. The Kier molecular flexibility index (Phi) is 2.73. The predicted molar refractivity (Wildman–Crippen MR) is 63.3 cm³/mol. The van der Waals surface area contributed by atoms with Crippen molar-refractivity contribution in [3.63, 3.8) is 0 Å². The minimum atomic E-state index is -0.266. The number of esters is 1. The molecule has 0 unspecified atom stereocenters. The van der Waals surface area contributed by atoms with E-state index in [4.69, 9.17) is 0 Å². The van der Waals surface area contributed by atoms with Gasteiger partial charge in [0, 0.05) is 6.42 Å². The number of hydrogen-bond donors (Lipinski definition) is 2. The summed E-state index contributed by atoms with van der Waals surface area (Å²) in [7, 11) is 1.41. The standard InChI is InChI=1S/C12H16N2O2/c1-12(8-7-11(15)16-2)13-9-5-3-4-6-10(9)14-12/h3-6,13-14H,7-8H2,1-2H3. The maximum atomic E-state index is 11.1. The molecular formula is C12H16N2O2. The van der Waals surface area contributed by atoms with Crippen LogP contribution in [0.1, 0.15) is 19.8 Å². The molecule has 0 fully saturated rings. The number of para-hydroxylation sites is 2. The van der Waals surface area contributed by atoms with Crippen LogP contribution in [-0.2, 0) is 9.53 Å². The lowest BCUT2D eigenvalue weighted by atomic mass is 10.1. The largest absolute Gasteiger partial charge is 0.469 e. The Bertz CT molecular complexity index is 379. The van der Waals surface area contributed by atoms with Crippen molar-refractivity contribution in [2.75, 3.05) is 17.7 Å². The van der Waals surface area contributed by atoms with Gasteiger partial charge in [0.2, 0.25) is 0 Å². The molecule has 1 heterocycles. The molecule has 1 aromatic rings. The Morgan fingerprint density at radius 1 is 1.31 bits per heavy atom. The van der Waals surface area contributed by atoms with Gasteiger partial charge in [0.25, 0.3) is 0 Å². The van der Waals surface area contributed by atoms with Crippen LogP contribution in [-0.4, -0.2) is 18.7 Å². The molecule has 0 amide bonds. The third-order valence-electron chi connectivity index (χ3n) is 2.80. The maximum Gasteiger partial charge on any atom is 0.305 e. The van der Waals surface area contributed by atoms with Crippen LogP contribution in [0.4, 0.5) is 11.4 Å². The minimum absolute atomic E-state index is 0.180. The van der Waals surface area contributed by atoms with E-state index in [0.29, 0.717) is 12.8 Å². The zero-order chi connectivity index (χ0) is 11.6. The van der Waals surface area contributed by atoms with E-state index in [9.17, 15) is 4.79 Å². The summed E-state index contributed by atoms with van der Waals surface area (Å²) in [5, 5.41) is 6.74. The van der Waals surface area contributed by atoms with Crippen molar-refractivity contribution in [3.8, 4) is 0 Å². The molecule has 0 bridgehead atoms. The number of ether oxygens (including phenoxy) is 1. The average Bonchev–Trinajstić information content (AvgIpc) is 2.62. The number of carbonyl (C=O) groups is 1. The highest BCUT2D eigenvalue weighted by Crippen LogP contribution is 2.35. The molecule has 0 spiro atoms. The van der Waals surface area contributed by atoms with Gasteiger partial charge in [-0.15, -0.1) is 0 Å². The van der Waals surface area contributed by atoms with Gasteiger partial charge in [-0.25, -0.2) is 0 Å². The van der Waals surface area contributed by atoms with Crippen LogP contribution in [0.2, 0.25) is 0 Å². The number of benzene rings is 1. The van der Waals surface area contributed by atoms with Crippen molar-refractivity contribution in [2.24, 2.45) is 0 Å². The Labute approximate surface area is 95.0 Å². The van der Waals surface area contributed by atoms with Gasteiger partial charge < -0.3 is 15.4 Å². The molecule has 4 heteroatoms. The zero-order valence-corrected chi connectivity index (χ0v) is 9.54. The maximum absolute atomic E-state index is 11.1. The molecule has 2 N–H and O–H groups in total. The van der Waals surface area contributed by atoms with Crippen molar-refractivity contribution in [3.05, 3.63) is 24.3 Å². The lowest BCUT2D eigenvalue weighted by molar-refractivity contribution is -0.140. The third-order valence-corrected chi connectivity index (χ3v) is 2.80. The minimum Gasteiger partial charge on any atom is -0.469 e. The summed E-state index contributed by atoms with van der Waals surface area (Å²) in [6.07, 6.45) is 1.09. The fourth-order valence-corrected chi connectivity index (χ4v) is 1.91. The SMILES string of the molecule is COC(=O)CCC1(C)Nc2ccccc2N1. The number of anilines is 2. The van der Waals surface area contributed by atoms with Crippen molar-refractivity contribution >= 4 is 17.3 Å². The van der Waals surface area contributed by atoms with Gasteiger partial charge in [-0.1, -0.05) is 12.1 Å². The van der Waals surface area contributed by atoms with E-state index >= 15 is 0 Å². The molecule has 0 radical (unpaired) electrons. The first-order chi connectivity index (χ1) is 7.63. The van der Waals surface area contributed by atoms with Gasteiger partial charge in [-0.3, -0.25) is 4.79 Å². The van der Waals surface area contributed by atoms with Gasteiger partial charge in [-0.2, -0.15) is 0 Å². The number of rotatable bonds is 3. The molecular weight excluding hydrogens is 204 g/mol. The number of methoxy groups -OCH3 is 1. The molecule has 0 aliphatic carbocycles. The van der Waals surface area contributed by atoms with Crippen molar-refractivity contribution in [1.29, 1.82) is 0 Å². The first kappa shape index (κ1) is 10.8. The summed E-state index contributed by atoms with van der Waals surface area (Å²) < 4.78 is 4.64. The number of nitrogens with one attached hydrogen (secondary N) is 2. The van der Waals surface area contributed by atoms with Crippen LogP contribution in [0.15, 0.2) is 24.3 Å². The molecule has 1 aliphatic heterocycles. The van der Waals surface area contributed by atoms with E-state index < -0.39 is 0 Å². The molecule has 4 nitrogen and oxygen atoms in total. The second kappa shape index (κ2) is 4.04. The van der Waals surface area contributed by atoms with E-state index in [1.807, 2.05) is 31.2 Å². The van der Waals surface area contributed by atoms with E-state index in [2.05, 4.69) is 15.4 Å². The number of hydrogen-bond acceptors (Lipinski definition) is 4. The quantitative estimate of drug-likeness (QED) is 0.767. The second-order valence-corrected chi connectivity index (χ2v) is 4.20. The van der Waals surface area contributed by atoms with Crippen LogP contribution in [0.25, 0.3) is 0 Å².